The molecule has 0 atom stereocenters. The van der Waals surface area contributed by atoms with Crippen molar-refractivity contribution in [2.75, 3.05) is 25.6 Å². The maximum Gasteiger partial charge on any atom is 0.319 e. The normalized spacial score (nSPS) is 10.5. The zero-order chi connectivity index (χ0) is 14.1. The van der Waals surface area contributed by atoms with Crippen LogP contribution < -0.4 is 10.6 Å². The van der Waals surface area contributed by atoms with E-state index in [0.29, 0.717) is 19.8 Å². The Morgan fingerprint density at radius 2 is 2.11 bits per heavy atom. The van der Waals surface area contributed by atoms with Crippen LogP contribution in [0.4, 0.5) is 10.5 Å². The third-order valence-electron chi connectivity index (χ3n) is 2.31. The molecule has 1 rings (SSSR count). The SMILES string of the molecule is COCCOCc1cccc(NC(=O)NC(C)C)c1. The molecule has 1 aromatic carbocycles. The number of hydrogen-bond donors (Lipinski definition) is 2. The number of ether oxygens (including phenoxy) is 2. The first-order chi connectivity index (χ1) is 9.11. The summed E-state index contributed by atoms with van der Waals surface area (Å²) >= 11 is 0. The maximum atomic E-state index is 11.6. The number of hydrogen-bond acceptors (Lipinski definition) is 3. The number of nitrogens with one attached hydrogen (secondary N) is 2. The molecule has 0 saturated heterocycles. The van der Waals surface area contributed by atoms with Gasteiger partial charge in [0.05, 0.1) is 19.8 Å². The van der Waals surface area contributed by atoms with Gasteiger partial charge in [-0.15, -0.1) is 0 Å². The van der Waals surface area contributed by atoms with Crippen LogP contribution in [0, 0.1) is 0 Å². The van der Waals surface area contributed by atoms with Crippen LogP contribution in [0.3, 0.4) is 0 Å². The van der Waals surface area contributed by atoms with Crippen LogP contribution in [-0.2, 0) is 16.1 Å². The van der Waals surface area contributed by atoms with Crippen molar-refractivity contribution in [1.29, 1.82) is 0 Å². The van der Waals surface area contributed by atoms with Crippen LogP contribution in [0.1, 0.15) is 19.4 Å². The fourth-order valence-electron chi connectivity index (χ4n) is 1.50. The van der Waals surface area contributed by atoms with Gasteiger partial charge in [0.25, 0.3) is 0 Å². The topological polar surface area (TPSA) is 59.6 Å². The monoisotopic (exact) mass is 266 g/mol. The average Bonchev–Trinajstić information content (AvgIpc) is 2.34. The predicted molar refractivity (Wildman–Crippen MR) is 75.3 cm³/mol. The van der Waals surface area contributed by atoms with Crippen LogP contribution in [0.25, 0.3) is 0 Å². The zero-order valence-electron chi connectivity index (χ0n) is 11.7. The molecule has 0 spiro atoms. The van der Waals surface area contributed by atoms with Crippen LogP contribution in [0.5, 0.6) is 0 Å². The Morgan fingerprint density at radius 1 is 1.32 bits per heavy atom. The van der Waals surface area contributed by atoms with E-state index in [0.717, 1.165) is 11.3 Å². The molecule has 5 nitrogen and oxygen atoms in total. The second-order valence-electron chi connectivity index (χ2n) is 4.50. The summed E-state index contributed by atoms with van der Waals surface area (Å²) in [5.41, 5.74) is 1.77. The molecular weight excluding hydrogens is 244 g/mol. The van der Waals surface area contributed by atoms with Gasteiger partial charge in [0.15, 0.2) is 0 Å². The first-order valence-electron chi connectivity index (χ1n) is 6.35. The van der Waals surface area contributed by atoms with Gasteiger partial charge in [0, 0.05) is 18.8 Å². The summed E-state index contributed by atoms with van der Waals surface area (Å²) in [6, 6.07) is 7.50. The van der Waals surface area contributed by atoms with E-state index in [4.69, 9.17) is 9.47 Å². The van der Waals surface area contributed by atoms with Crippen molar-refractivity contribution < 1.29 is 14.3 Å². The molecule has 0 heterocycles. The van der Waals surface area contributed by atoms with Crippen molar-refractivity contribution in [2.24, 2.45) is 0 Å². The van der Waals surface area contributed by atoms with E-state index in [9.17, 15) is 4.79 Å². The molecule has 0 fully saturated rings. The molecule has 2 amide bonds. The van der Waals surface area contributed by atoms with Gasteiger partial charge in [0.1, 0.15) is 0 Å². The second-order valence-corrected chi connectivity index (χ2v) is 4.50. The minimum atomic E-state index is -0.201. The highest BCUT2D eigenvalue weighted by Gasteiger charge is 2.03. The maximum absolute atomic E-state index is 11.6. The van der Waals surface area contributed by atoms with Gasteiger partial charge in [-0.2, -0.15) is 0 Å². The minimum absolute atomic E-state index is 0.112. The third kappa shape index (κ3) is 6.79. The van der Waals surface area contributed by atoms with E-state index in [1.54, 1.807) is 7.11 Å². The second kappa shape index (κ2) is 8.50. The van der Waals surface area contributed by atoms with Crippen molar-refractivity contribution in [3.8, 4) is 0 Å². The van der Waals surface area contributed by atoms with Crippen molar-refractivity contribution in [3.05, 3.63) is 29.8 Å². The van der Waals surface area contributed by atoms with Gasteiger partial charge < -0.3 is 20.1 Å². The summed E-state index contributed by atoms with van der Waals surface area (Å²) in [6.45, 7) is 5.47. The molecule has 5 heteroatoms. The predicted octanol–water partition coefficient (Wildman–Crippen LogP) is 2.38. The van der Waals surface area contributed by atoms with Crippen molar-refractivity contribution in [2.45, 2.75) is 26.5 Å². The molecule has 106 valence electrons. The largest absolute Gasteiger partial charge is 0.382 e. The van der Waals surface area contributed by atoms with E-state index in [1.165, 1.54) is 0 Å². The lowest BCUT2D eigenvalue weighted by Gasteiger charge is -2.11. The Kier molecular flexibility index (Phi) is 6.92. The molecule has 19 heavy (non-hydrogen) atoms. The van der Waals surface area contributed by atoms with Crippen LogP contribution in [0.15, 0.2) is 24.3 Å². The van der Waals surface area contributed by atoms with Crippen LogP contribution in [0.2, 0.25) is 0 Å². The molecule has 0 unspecified atom stereocenters. The first-order valence-corrected chi connectivity index (χ1v) is 6.35. The summed E-state index contributed by atoms with van der Waals surface area (Å²) in [7, 11) is 1.64. The lowest BCUT2D eigenvalue weighted by Crippen LogP contribution is -2.34. The molecule has 0 aliphatic carbocycles. The van der Waals surface area contributed by atoms with E-state index >= 15 is 0 Å². The summed E-state index contributed by atoms with van der Waals surface area (Å²) < 4.78 is 10.3. The van der Waals surface area contributed by atoms with Gasteiger partial charge in [0.2, 0.25) is 0 Å². The molecule has 0 bridgehead atoms. The van der Waals surface area contributed by atoms with Crippen molar-refractivity contribution in [1.82, 2.24) is 5.32 Å². The molecule has 0 saturated carbocycles. The standard InChI is InChI=1S/C14H22N2O3/c1-11(2)15-14(17)16-13-6-4-5-12(9-13)10-19-8-7-18-3/h4-6,9,11H,7-8,10H2,1-3H3,(H2,15,16,17). The van der Waals surface area contributed by atoms with E-state index in [1.807, 2.05) is 38.1 Å². The number of benzene rings is 1. The van der Waals surface area contributed by atoms with Crippen molar-refractivity contribution in [3.63, 3.8) is 0 Å². The van der Waals surface area contributed by atoms with Gasteiger partial charge in [-0.25, -0.2) is 4.79 Å². The van der Waals surface area contributed by atoms with E-state index in [2.05, 4.69) is 10.6 Å². The quantitative estimate of drug-likeness (QED) is 0.745. The molecule has 0 radical (unpaired) electrons. The Labute approximate surface area is 114 Å². The van der Waals surface area contributed by atoms with Gasteiger partial charge in [-0.05, 0) is 31.5 Å². The Hall–Kier alpha value is -1.59. The number of anilines is 1. The number of methoxy groups -OCH3 is 1. The first kappa shape index (κ1) is 15.5. The van der Waals surface area contributed by atoms with E-state index < -0.39 is 0 Å². The van der Waals surface area contributed by atoms with Gasteiger partial charge >= 0.3 is 6.03 Å². The van der Waals surface area contributed by atoms with Crippen LogP contribution in [-0.4, -0.2) is 32.4 Å². The number of amides is 2. The summed E-state index contributed by atoms with van der Waals surface area (Å²) in [5.74, 6) is 0. The summed E-state index contributed by atoms with van der Waals surface area (Å²) in [5, 5.41) is 5.56. The molecule has 0 aliphatic rings. The fraction of sp³-hybridized carbons (Fsp3) is 0.500. The smallest absolute Gasteiger partial charge is 0.319 e. The number of rotatable bonds is 7. The molecule has 1 aromatic rings. The Bertz CT molecular complexity index is 394. The number of carbonyl (C=O) groups excluding carboxylic acids is 1. The highest BCUT2D eigenvalue weighted by Crippen LogP contribution is 2.11. The van der Waals surface area contributed by atoms with Crippen LogP contribution >= 0.6 is 0 Å². The lowest BCUT2D eigenvalue weighted by molar-refractivity contribution is 0.0617. The minimum Gasteiger partial charge on any atom is -0.382 e. The summed E-state index contributed by atoms with van der Waals surface area (Å²) in [4.78, 5) is 11.6. The summed E-state index contributed by atoms with van der Waals surface area (Å²) in [6.07, 6.45) is 0. The average molecular weight is 266 g/mol. The molecular formula is C14H22N2O3. The van der Waals surface area contributed by atoms with Crippen molar-refractivity contribution >= 4 is 11.7 Å². The molecule has 0 aromatic heterocycles. The van der Waals surface area contributed by atoms with E-state index in [-0.39, 0.29) is 12.1 Å². The highest BCUT2D eigenvalue weighted by molar-refractivity contribution is 5.89. The number of urea groups is 1. The Balaban J connectivity index is 2.45. The highest BCUT2D eigenvalue weighted by atomic mass is 16.5. The molecule has 2 N–H and O–H groups in total. The Morgan fingerprint density at radius 3 is 2.79 bits per heavy atom. The molecule has 0 aliphatic heterocycles. The van der Waals surface area contributed by atoms with Gasteiger partial charge in [-0.1, -0.05) is 12.1 Å². The zero-order valence-corrected chi connectivity index (χ0v) is 11.7. The fourth-order valence-corrected chi connectivity index (χ4v) is 1.50. The number of carbonyl (C=O) groups is 1. The lowest BCUT2D eigenvalue weighted by atomic mass is 10.2. The third-order valence-corrected chi connectivity index (χ3v) is 2.31. The van der Waals surface area contributed by atoms with Gasteiger partial charge in [-0.3, -0.25) is 0 Å².